The van der Waals surface area contributed by atoms with Gasteiger partial charge in [-0.3, -0.25) is 14.9 Å². The third-order valence-corrected chi connectivity index (χ3v) is 2.09. The van der Waals surface area contributed by atoms with Gasteiger partial charge in [0.25, 0.3) is 11.6 Å². The number of rotatable bonds is 4. The van der Waals surface area contributed by atoms with Crippen LogP contribution >= 0.6 is 0 Å². The van der Waals surface area contributed by atoms with Crippen LogP contribution in [0.15, 0.2) is 18.2 Å². The van der Waals surface area contributed by atoms with Crippen molar-refractivity contribution in [2.45, 2.75) is 19.4 Å². The molecule has 1 aromatic rings. The highest BCUT2D eigenvalue weighted by atomic mass is 19.1. The Kier molecular flexibility index (Phi) is 3.97. The van der Waals surface area contributed by atoms with Crippen LogP contribution in [0.5, 0.6) is 0 Å². The summed E-state index contributed by atoms with van der Waals surface area (Å²) in [7, 11) is 0. The lowest BCUT2D eigenvalue weighted by atomic mass is 10.1. The zero-order chi connectivity index (χ0) is 13.9. The Bertz CT molecular complexity index is 482. The number of nitrogens with zero attached hydrogens (tertiary/aromatic N) is 1. The van der Waals surface area contributed by atoms with Crippen LogP contribution in [-0.4, -0.2) is 28.1 Å². The van der Waals surface area contributed by atoms with Crippen molar-refractivity contribution in [1.29, 1.82) is 0 Å². The fraction of sp³-hybridized carbons (Fsp3) is 0.364. The molecule has 0 fully saturated rings. The van der Waals surface area contributed by atoms with Crippen molar-refractivity contribution in [3.63, 3.8) is 0 Å². The van der Waals surface area contributed by atoms with Crippen LogP contribution < -0.4 is 5.32 Å². The Morgan fingerprint density at radius 3 is 2.67 bits per heavy atom. The van der Waals surface area contributed by atoms with Crippen molar-refractivity contribution in [2.24, 2.45) is 0 Å². The molecule has 1 amide bonds. The molecule has 0 saturated carbocycles. The summed E-state index contributed by atoms with van der Waals surface area (Å²) in [5.74, 6) is -1.66. The molecule has 0 aliphatic carbocycles. The molecule has 0 saturated heterocycles. The quantitative estimate of drug-likeness (QED) is 0.626. The van der Waals surface area contributed by atoms with Crippen molar-refractivity contribution in [3.05, 3.63) is 39.7 Å². The number of hydrogen-bond acceptors (Lipinski definition) is 4. The predicted molar refractivity (Wildman–Crippen MR) is 61.7 cm³/mol. The molecule has 98 valence electrons. The molecule has 0 spiro atoms. The molecule has 0 bridgehead atoms. The molecule has 18 heavy (non-hydrogen) atoms. The van der Waals surface area contributed by atoms with Crippen LogP contribution in [0.3, 0.4) is 0 Å². The number of halogens is 1. The third kappa shape index (κ3) is 3.77. The van der Waals surface area contributed by atoms with E-state index in [0.29, 0.717) is 0 Å². The number of nitro benzene ring substituents is 1. The van der Waals surface area contributed by atoms with Crippen molar-refractivity contribution in [1.82, 2.24) is 5.32 Å². The zero-order valence-electron chi connectivity index (χ0n) is 9.94. The van der Waals surface area contributed by atoms with Gasteiger partial charge < -0.3 is 10.4 Å². The maximum absolute atomic E-state index is 13.4. The Morgan fingerprint density at radius 2 is 2.17 bits per heavy atom. The van der Waals surface area contributed by atoms with E-state index in [-0.39, 0.29) is 12.2 Å². The lowest BCUT2D eigenvalue weighted by Gasteiger charge is -2.17. The minimum Gasteiger partial charge on any atom is -0.389 e. The third-order valence-electron chi connectivity index (χ3n) is 2.09. The molecule has 0 unspecified atom stereocenters. The minimum atomic E-state index is -1.15. The van der Waals surface area contributed by atoms with Crippen LogP contribution in [0.2, 0.25) is 0 Å². The highest BCUT2D eigenvalue weighted by Crippen LogP contribution is 2.16. The normalized spacial score (nSPS) is 11.1. The lowest BCUT2D eigenvalue weighted by molar-refractivity contribution is -0.384. The van der Waals surface area contributed by atoms with E-state index in [1.807, 2.05) is 0 Å². The van der Waals surface area contributed by atoms with E-state index in [2.05, 4.69) is 5.32 Å². The molecule has 7 heteroatoms. The molecule has 0 aromatic heterocycles. The minimum absolute atomic E-state index is 0.0893. The van der Waals surface area contributed by atoms with Gasteiger partial charge in [-0.15, -0.1) is 0 Å². The Hall–Kier alpha value is -2.02. The SMILES string of the molecule is CC(C)(O)CNC(=O)c1cc([N+](=O)[O-])ccc1F. The van der Waals surface area contributed by atoms with Crippen molar-refractivity contribution < 1.29 is 19.2 Å². The summed E-state index contributed by atoms with van der Waals surface area (Å²) in [6.07, 6.45) is 0. The van der Waals surface area contributed by atoms with Gasteiger partial charge in [-0.25, -0.2) is 4.39 Å². The van der Waals surface area contributed by atoms with E-state index < -0.39 is 27.8 Å². The molecular weight excluding hydrogens is 243 g/mol. The topological polar surface area (TPSA) is 92.5 Å². The van der Waals surface area contributed by atoms with Gasteiger partial charge in [0.05, 0.1) is 16.1 Å². The van der Waals surface area contributed by atoms with E-state index in [0.717, 1.165) is 18.2 Å². The number of carbonyl (C=O) groups is 1. The molecule has 0 atom stereocenters. The number of amides is 1. The van der Waals surface area contributed by atoms with Gasteiger partial charge in [0.1, 0.15) is 5.82 Å². The number of nitrogens with one attached hydrogen (secondary N) is 1. The molecule has 2 N–H and O–H groups in total. The number of nitro groups is 1. The van der Waals surface area contributed by atoms with Crippen LogP contribution in [0.4, 0.5) is 10.1 Å². The standard InChI is InChI=1S/C11H13FN2O4/c1-11(2,16)6-13-10(15)8-5-7(14(17)18)3-4-9(8)12/h3-5,16H,6H2,1-2H3,(H,13,15). The van der Waals surface area contributed by atoms with Crippen LogP contribution in [0.1, 0.15) is 24.2 Å². The first-order chi connectivity index (χ1) is 8.20. The van der Waals surface area contributed by atoms with Crippen LogP contribution in [0, 0.1) is 15.9 Å². The van der Waals surface area contributed by atoms with E-state index >= 15 is 0 Å². The molecule has 0 aliphatic heterocycles. The molecule has 1 aromatic carbocycles. The smallest absolute Gasteiger partial charge is 0.270 e. The first-order valence-electron chi connectivity index (χ1n) is 5.15. The largest absolute Gasteiger partial charge is 0.389 e. The van der Waals surface area contributed by atoms with Gasteiger partial charge in [0, 0.05) is 18.7 Å². The molecule has 0 aliphatic rings. The fourth-order valence-electron chi connectivity index (χ4n) is 1.19. The lowest BCUT2D eigenvalue weighted by Crippen LogP contribution is -2.38. The predicted octanol–water partition coefficient (Wildman–Crippen LogP) is 1.23. The summed E-state index contributed by atoms with van der Waals surface area (Å²) < 4.78 is 13.4. The maximum atomic E-state index is 13.4. The molecule has 0 heterocycles. The first-order valence-corrected chi connectivity index (χ1v) is 5.15. The number of aliphatic hydroxyl groups is 1. The van der Waals surface area contributed by atoms with E-state index in [1.54, 1.807) is 0 Å². The number of non-ortho nitro benzene ring substituents is 1. The molecular formula is C11H13FN2O4. The summed E-state index contributed by atoms with van der Waals surface area (Å²) in [4.78, 5) is 21.4. The summed E-state index contributed by atoms with van der Waals surface area (Å²) >= 11 is 0. The van der Waals surface area contributed by atoms with E-state index in [1.165, 1.54) is 13.8 Å². The number of carbonyl (C=O) groups excluding carboxylic acids is 1. The summed E-state index contributed by atoms with van der Waals surface area (Å²) in [6, 6.07) is 2.69. The number of benzene rings is 1. The van der Waals surface area contributed by atoms with Crippen LogP contribution in [0.25, 0.3) is 0 Å². The summed E-state index contributed by atoms with van der Waals surface area (Å²) in [5.41, 5.74) is -1.94. The molecule has 6 nitrogen and oxygen atoms in total. The van der Waals surface area contributed by atoms with E-state index in [4.69, 9.17) is 0 Å². The van der Waals surface area contributed by atoms with E-state index in [9.17, 15) is 24.4 Å². The first kappa shape index (κ1) is 14.0. The van der Waals surface area contributed by atoms with Gasteiger partial charge in [-0.1, -0.05) is 0 Å². The van der Waals surface area contributed by atoms with Gasteiger partial charge >= 0.3 is 0 Å². The zero-order valence-corrected chi connectivity index (χ0v) is 9.94. The maximum Gasteiger partial charge on any atom is 0.270 e. The van der Waals surface area contributed by atoms with Crippen LogP contribution in [-0.2, 0) is 0 Å². The molecule has 1 rings (SSSR count). The van der Waals surface area contributed by atoms with Gasteiger partial charge in [0.2, 0.25) is 0 Å². The van der Waals surface area contributed by atoms with Crippen molar-refractivity contribution in [3.8, 4) is 0 Å². The second-order valence-electron chi connectivity index (χ2n) is 4.42. The van der Waals surface area contributed by atoms with Gasteiger partial charge in [-0.2, -0.15) is 0 Å². The Morgan fingerprint density at radius 1 is 1.56 bits per heavy atom. The van der Waals surface area contributed by atoms with Gasteiger partial charge in [0.15, 0.2) is 0 Å². The average Bonchev–Trinajstić information content (AvgIpc) is 2.25. The highest BCUT2D eigenvalue weighted by molar-refractivity contribution is 5.95. The summed E-state index contributed by atoms with van der Waals surface area (Å²) in [6.45, 7) is 2.85. The second-order valence-corrected chi connectivity index (χ2v) is 4.42. The number of hydrogen-bond donors (Lipinski definition) is 2. The van der Waals surface area contributed by atoms with Gasteiger partial charge in [-0.05, 0) is 19.9 Å². The Labute approximate surface area is 103 Å². The monoisotopic (exact) mass is 256 g/mol. The molecule has 0 radical (unpaired) electrons. The highest BCUT2D eigenvalue weighted by Gasteiger charge is 2.19. The van der Waals surface area contributed by atoms with Crippen molar-refractivity contribution in [2.75, 3.05) is 6.54 Å². The average molecular weight is 256 g/mol. The second kappa shape index (κ2) is 5.09. The summed E-state index contributed by atoms with van der Waals surface area (Å²) in [5, 5.41) is 22.2. The fourth-order valence-corrected chi connectivity index (χ4v) is 1.19. The van der Waals surface area contributed by atoms with Crippen molar-refractivity contribution >= 4 is 11.6 Å². The Balaban J connectivity index is 2.91.